The third-order valence-corrected chi connectivity index (χ3v) is 27.1. The molecule has 4 bridgehead atoms. The van der Waals surface area contributed by atoms with Crippen molar-refractivity contribution in [1.29, 1.82) is 0 Å². The van der Waals surface area contributed by atoms with Crippen LogP contribution in [-0.2, 0) is 133 Å². The van der Waals surface area contributed by atoms with Gasteiger partial charge in [0, 0.05) is 105 Å². The van der Waals surface area contributed by atoms with Gasteiger partial charge in [-0.25, -0.2) is 29.0 Å². The van der Waals surface area contributed by atoms with Crippen LogP contribution in [0, 0.1) is 35.0 Å². The quantitative estimate of drug-likeness (QED) is 0.0106. The van der Waals surface area contributed by atoms with E-state index in [1.807, 2.05) is 59.0 Å². The SMILES string of the molecule is COCCOCCOCCOCCOCCOCCOCCOCCOCCOCCOCCOCCn1cc([C@H](CC(=O)C[C@H](C(=O)N[C@@H](CCCNC(N)=O)C(=O)Nc2ccc(COC(=O)N(CCOC34CC5(C)CC(C)(CC(Cn6ncc(-c7ccc(N8CCc9cccc(C(=O)Nc%10nc%11ccccc%11s%10)c9C8)nc7C(=O)O)c6C)(C5)C3)C4)CCS(=O)(=O)O)cc2)C(C)C)N2C(=O)C=CC2=O)nn1. The Balaban J connectivity index is 0.557. The van der Waals surface area contributed by atoms with Crippen LogP contribution in [0.1, 0.15) is 147 Å². The van der Waals surface area contributed by atoms with Gasteiger partial charge in [0.05, 0.1) is 205 Å². The van der Waals surface area contributed by atoms with Crippen molar-refractivity contribution in [3.63, 3.8) is 0 Å². The van der Waals surface area contributed by atoms with E-state index in [-0.39, 0.29) is 111 Å². The van der Waals surface area contributed by atoms with E-state index in [4.69, 9.17) is 82.1 Å². The first-order valence-corrected chi connectivity index (χ1v) is 50.7. The Kier molecular flexibility index (Phi) is 42.0. The van der Waals surface area contributed by atoms with Gasteiger partial charge < -0.3 is 103 Å². The largest absolute Gasteiger partial charge is 0.476 e. The predicted molar refractivity (Wildman–Crippen MR) is 520 cm³/mol. The molecule has 44 heteroatoms. The monoisotopic (exact) mass is 2020 g/mol. The first kappa shape index (κ1) is 110. The number of para-hydroxylation sites is 1. The van der Waals surface area contributed by atoms with Crippen LogP contribution in [0.3, 0.4) is 0 Å². The summed E-state index contributed by atoms with van der Waals surface area (Å²) in [4.78, 5) is 136. The maximum Gasteiger partial charge on any atom is 0.410 e. The molecular formula is C98H135N15O27S2. The van der Waals surface area contributed by atoms with Crippen LogP contribution < -0.4 is 31.9 Å². The van der Waals surface area contributed by atoms with Crippen LogP contribution in [0.15, 0.2) is 103 Å². The highest BCUT2D eigenvalue weighted by molar-refractivity contribution is 7.85. The Hall–Kier alpha value is -10.8. The van der Waals surface area contributed by atoms with E-state index in [0.717, 1.165) is 76.2 Å². The van der Waals surface area contributed by atoms with Crippen molar-refractivity contribution < 1.29 is 128 Å². The first-order chi connectivity index (χ1) is 68.4. The van der Waals surface area contributed by atoms with Gasteiger partial charge >= 0.3 is 18.1 Å². The Morgan fingerprint density at radius 3 is 1.81 bits per heavy atom. The second-order valence-electron chi connectivity index (χ2n) is 37.3. The number of nitrogens with one attached hydrogen (secondary N) is 4. The summed E-state index contributed by atoms with van der Waals surface area (Å²) in [7, 11) is -2.93. The number of nitrogens with two attached hydrogens (primary N) is 1. The summed E-state index contributed by atoms with van der Waals surface area (Å²) in [5.74, 6) is -6.48. The molecule has 2 unspecified atom stereocenters. The number of ketones is 1. The smallest absolute Gasteiger partial charge is 0.410 e. The van der Waals surface area contributed by atoms with Gasteiger partial charge in [0.1, 0.15) is 29.9 Å². The summed E-state index contributed by atoms with van der Waals surface area (Å²) in [5, 5.41) is 35.8. The van der Waals surface area contributed by atoms with Crippen LogP contribution in [-0.4, -0.2) is 325 Å². The summed E-state index contributed by atoms with van der Waals surface area (Å²) < 4.78 is 117. The molecule has 0 radical (unpaired) electrons. The molecule has 7 aromatic rings. The van der Waals surface area contributed by atoms with Crippen molar-refractivity contribution in [2.75, 3.05) is 213 Å². The van der Waals surface area contributed by atoms with Gasteiger partial charge in [-0.05, 0) is 146 Å². The van der Waals surface area contributed by atoms with Gasteiger partial charge in [0.15, 0.2) is 10.8 Å². The van der Waals surface area contributed by atoms with Crippen LogP contribution in [0.25, 0.3) is 21.3 Å². The number of carboxylic acids is 1. The summed E-state index contributed by atoms with van der Waals surface area (Å²) in [6, 6.07) is 20.0. The third kappa shape index (κ3) is 33.4. The molecule has 4 aliphatic carbocycles. The van der Waals surface area contributed by atoms with Crippen molar-refractivity contribution >= 4 is 102 Å². The van der Waals surface area contributed by atoms with E-state index in [0.29, 0.717) is 198 Å². The van der Waals surface area contributed by atoms with E-state index < -0.39 is 106 Å². The number of aromatic carboxylic acids is 1. The number of benzene rings is 3. The number of amides is 8. The number of nitrogens with zero attached hydrogens (tertiary/aromatic N) is 10. The van der Waals surface area contributed by atoms with E-state index in [1.54, 1.807) is 63.6 Å². The number of hydrogen-bond donors (Lipinski definition) is 7. The highest BCUT2D eigenvalue weighted by Gasteiger charge is 2.66. The van der Waals surface area contributed by atoms with Crippen molar-refractivity contribution in [1.82, 2.24) is 55.2 Å². The number of aromatic nitrogens is 7. The number of methoxy groups -OCH3 is 1. The molecule has 8 N–H and O–H groups in total. The standard InChI is InChI=1S/C98H135N15O27S2/c1-68(2)76(55-73(114)56-82(113-85(115)22-23-86(113)116)81-59-111(108-107-81)28-30-128-34-35-130-38-39-132-42-43-134-46-47-136-50-51-138-53-52-137-49-48-135-45-44-133-41-40-131-37-36-129-33-32-127-6)89(118)103-80(14-10-25-100-92(99)122)90(119)102-72-18-16-70(17-19-72)60-139-94(123)109(29-54-142(124,125)126)27-31-140-98-64-95(4)61-96(5,65-98)63-97(62-95,66-98)67-112-69(3)77(57-101-112)74-20-21-84(105-87(74)91(120)121)110-26-24-71-11-9-12-75(78(71)58-110)88(117)106-93-104-79-13-7-8-15-83(79)141-93/h7-9,11-13,15-23,57,59,68,76,80,82H,10,14,24-56,58,60-67H2,1-6H3,(H,102,119)(H,103,118)(H,120,121)(H3,99,100,122)(H,104,106,117)(H,124,125,126)/t76-,80-,82-,95?,96?,97?,98?/m0/s1. The maximum absolute atomic E-state index is 14.4. The first-order valence-electron chi connectivity index (χ1n) is 48.2. The zero-order valence-electron chi connectivity index (χ0n) is 81.7. The van der Waals surface area contributed by atoms with E-state index in [9.17, 15) is 61.2 Å². The Labute approximate surface area is 830 Å². The van der Waals surface area contributed by atoms with Gasteiger partial charge in [-0.1, -0.05) is 80.6 Å². The number of carbonyl (C=O) groups is 9. The van der Waals surface area contributed by atoms with Crippen molar-refractivity contribution in [2.24, 2.45) is 33.8 Å². The molecule has 776 valence electrons. The minimum atomic E-state index is -4.55. The Morgan fingerprint density at radius 1 is 0.648 bits per heavy atom. The average Bonchev–Trinajstić information content (AvgIpc) is 0.968. The van der Waals surface area contributed by atoms with E-state index in [2.05, 4.69) is 50.4 Å². The normalized spacial score (nSPS) is 18.7. The van der Waals surface area contributed by atoms with Crippen molar-refractivity contribution in [3.05, 3.63) is 143 Å². The molecule has 42 nitrogen and oxygen atoms in total. The molecule has 142 heavy (non-hydrogen) atoms. The van der Waals surface area contributed by atoms with E-state index >= 15 is 0 Å². The number of hydrogen-bond acceptors (Lipinski definition) is 32. The molecule has 4 fully saturated rings. The molecule has 8 amide bonds. The topological polar surface area (TPSA) is 516 Å². The second kappa shape index (κ2) is 54.2. The van der Waals surface area contributed by atoms with Gasteiger partial charge in [0.25, 0.3) is 27.8 Å². The number of urea groups is 1. The lowest BCUT2D eigenvalue weighted by Crippen LogP contribution is -2.64. The van der Waals surface area contributed by atoms with E-state index in [1.165, 1.54) is 27.1 Å². The number of ether oxygens (including phenoxy) is 14. The molecule has 4 aromatic heterocycles. The Morgan fingerprint density at radius 2 is 1.24 bits per heavy atom. The van der Waals surface area contributed by atoms with Crippen LogP contribution >= 0.6 is 11.3 Å². The maximum atomic E-state index is 14.4. The molecule has 13 rings (SSSR count). The van der Waals surface area contributed by atoms with Crippen molar-refractivity contribution in [3.8, 4) is 11.1 Å². The number of anilines is 3. The molecule has 0 spiro atoms. The number of rotatable bonds is 67. The number of carbonyl (C=O) groups excluding carboxylic acids is 8. The Bertz CT molecular complexity index is 5420. The molecular weight excluding hydrogens is 1880 g/mol. The fourth-order valence-electron chi connectivity index (χ4n) is 19.9. The summed E-state index contributed by atoms with van der Waals surface area (Å²) in [5.41, 5.74) is 9.77. The molecule has 6 aliphatic rings. The highest BCUT2D eigenvalue weighted by atomic mass is 32.2. The third-order valence-electron chi connectivity index (χ3n) is 25.5. The number of Topliss-reactive ketones (excluding diaryl/α,β-unsaturated/α-hetero) is 1. The highest BCUT2D eigenvalue weighted by Crippen LogP contribution is 2.72. The van der Waals surface area contributed by atoms with Gasteiger partial charge in [0.2, 0.25) is 11.8 Å². The van der Waals surface area contributed by atoms with Crippen LogP contribution in [0.5, 0.6) is 0 Å². The molecule has 6 heterocycles. The zero-order chi connectivity index (χ0) is 101. The number of primary amides is 1. The number of carboxylic acid groups (broad SMARTS) is 1. The number of imide groups is 1. The van der Waals surface area contributed by atoms with Gasteiger partial charge in [-0.3, -0.25) is 48.2 Å². The molecule has 5 atom stereocenters. The zero-order valence-corrected chi connectivity index (χ0v) is 83.3. The molecule has 4 saturated carbocycles. The summed E-state index contributed by atoms with van der Waals surface area (Å²) in [6.45, 7) is 20.4. The lowest BCUT2D eigenvalue weighted by Gasteiger charge is -2.69. The number of fused-ring (bicyclic) bond motifs is 2. The lowest BCUT2D eigenvalue weighted by molar-refractivity contribution is -0.248. The lowest BCUT2D eigenvalue weighted by atomic mass is 9.39. The summed E-state index contributed by atoms with van der Waals surface area (Å²) >= 11 is 1.39. The molecule has 3 aromatic carbocycles. The minimum Gasteiger partial charge on any atom is -0.476 e. The second-order valence-corrected chi connectivity index (χ2v) is 39.9. The van der Waals surface area contributed by atoms with Crippen LogP contribution in [0.2, 0.25) is 0 Å². The van der Waals surface area contributed by atoms with Gasteiger partial charge in [-0.15, -0.1) is 5.10 Å². The molecule has 2 aliphatic heterocycles. The van der Waals surface area contributed by atoms with Gasteiger partial charge in [-0.2, -0.15) is 13.5 Å². The summed E-state index contributed by atoms with van der Waals surface area (Å²) in [6.07, 6.45) is 9.33. The number of pyridine rings is 1. The van der Waals surface area contributed by atoms with Crippen molar-refractivity contribution in [2.45, 2.75) is 149 Å². The minimum absolute atomic E-state index is 0.000870. The van der Waals surface area contributed by atoms with Crippen LogP contribution in [0.4, 0.5) is 26.2 Å². The predicted octanol–water partition coefficient (Wildman–Crippen LogP) is 8.62. The fraction of sp³-hybridized carbons (Fsp3) is 0.592. The fourth-order valence-corrected chi connectivity index (χ4v) is 21.2. The molecule has 0 saturated heterocycles. The average molecular weight is 2020 g/mol. The number of thiazole rings is 1.